The molecule has 3 aromatic rings. The molecule has 1 aromatic heterocycles. The van der Waals surface area contributed by atoms with Crippen molar-refractivity contribution >= 4 is 11.8 Å². The first-order valence-corrected chi connectivity index (χ1v) is 8.28. The van der Waals surface area contributed by atoms with Crippen LogP contribution in [0.4, 0.5) is 0 Å². The van der Waals surface area contributed by atoms with Crippen molar-refractivity contribution in [3.05, 3.63) is 93.4 Å². The molecule has 0 unspecified atom stereocenters. The topological polar surface area (TPSA) is 117 Å². The van der Waals surface area contributed by atoms with Gasteiger partial charge in [0, 0.05) is 11.1 Å². The van der Waals surface area contributed by atoms with Crippen molar-refractivity contribution in [2.24, 2.45) is 0 Å². The molecular weight excluding hydrogens is 358 g/mol. The summed E-state index contributed by atoms with van der Waals surface area (Å²) in [6.45, 7) is 1.45. The molecule has 0 spiro atoms. The molecule has 0 saturated carbocycles. The van der Waals surface area contributed by atoms with Crippen molar-refractivity contribution < 1.29 is 9.59 Å². The second-order valence-electron chi connectivity index (χ2n) is 5.79. The normalized spacial score (nSPS) is 10.0. The highest BCUT2D eigenvalue weighted by atomic mass is 16.2. The number of hydrogen-bond acceptors (Lipinski definition) is 5. The van der Waals surface area contributed by atoms with Gasteiger partial charge in [-0.15, -0.1) is 0 Å². The first-order chi connectivity index (χ1) is 13.5. The number of amides is 2. The molecule has 8 heteroatoms. The summed E-state index contributed by atoms with van der Waals surface area (Å²) in [7, 11) is 0. The van der Waals surface area contributed by atoms with E-state index in [0.717, 1.165) is 4.68 Å². The van der Waals surface area contributed by atoms with E-state index in [0.29, 0.717) is 11.3 Å². The van der Waals surface area contributed by atoms with Crippen LogP contribution in [0, 0.1) is 18.3 Å². The molecule has 0 fully saturated rings. The first-order valence-electron chi connectivity index (χ1n) is 8.28. The fraction of sp³-hybridized carbons (Fsp3) is 0.0500. The summed E-state index contributed by atoms with van der Waals surface area (Å²) in [6, 6.07) is 18.6. The van der Waals surface area contributed by atoms with Gasteiger partial charge in [-0.2, -0.15) is 15.0 Å². The average molecular weight is 373 g/mol. The number of nitrogens with one attached hydrogen (secondary N) is 2. The summed E-state index contributed by atoms with van der Waals surface area (Å²) in [5.74, 6) is -1.26. The van der Waals surface area contributed by atoms with Gasteiger partial charge in [-0.25, -0.2) is 0 Å². The van der Waals surface area contributed by atoms with Crippen LogP contribution in [0.3, 0.4) is 0 Å². The Morgan fingerprint density at radius 2 is 1.54 bits per heavy atom. The van der Waals surface area contributed by atoms with Gasteiger partial charge >= 0.3 is 0 Å². The predicted molar refractivity (Wildman–Crippen MR) is 101 cm³/mol. The zero-order valence-electron chi connectivity index (χ0n) is 14.8. The van der Waals surface area contributed by atoms with E-state index in [1.165, 1.54) is 6.92 Å². The van der Waals surface area contributed by atoms with Crippen LogP contribution in [-0.4, -0.2) is 21.6 Å². The lowest BCUT2D eigenvalue weighted by atomic mass is 10.1. The first kappa shape index (κ1) is 18.5. The number of aromatic nitrogens is 2. The molecule has 0 saturated heterocycles. The second kappa shape index (κ2) is 7.97. The quantitative estimate of drug-likeness (QED) is 0.675. The summed E-state index contributed by atoms with van der Waals surface area (Å²) in [6.07, 6.45) is 0. The third kappa shape index (κ3) is 3.64. The van der Waals surface area contributed by atoms with Crippen LogP contribution in [0.5, 0.6) is 0 Å². The van der Waals surface area contributed by atoms with E-state index in [1.54, 1.807) is 60.7 Å². The van der Waals surface area contributed by atoms with Crippen molar-refractivity contribution in [3.8, 4) is 11.8 Å². The number of hydrazine groups is 1. The SMILES string of the molecule is Cc1c(C(=O)NNC(=O)c2ccccc2)nn(-c2ccccc2)c(=O)c1C#N. The fourth-order valence-electron chi connectivity index (χ4n) is 2.53. The highest BCUT2D eigenvalue weighted by Gasteiger charge is 2.20. The number of rotatable bonds is 3. The molecule has 2 amide bonds. The van der Waals surface area contributed by atoms with Gasteiger partial charge in [0.15, 0.2) is 5.69 Å². The van der Waals surface area contributed by atoms with Gasteiger partial charge < -0.3 is 0 Å². The average Bonchev–Trinajstić information content (AvgIpc) is 2.73. The van der Waals surface area contributed by atoms with E-state index in [2.05, 4.69) is 16.0 Å². The van der Waals surface area contributed by atoms with Crippen molar-refractivity contribution in [1.82, 2.24) is 20.6 Å². The van der Waals surface area contributed by atoms with E-state index < -0.39 is 17.4 Å². The Morgan fingerprint density at radius 1 is 0.964 bits per heavy atom. The van der Waals surface area contributed by atoms with Gasteiger partial charge in [-0.05, 0) is 31.2 Å². The molecule has 0 aliphatic carbocycles. The minimum absolute atomic E-state index is 0.131. The highest BCUT2D eigenvalue weighted by molar-refractivity contribution is 5.98. The smallest absolute Gasteiger partial charge is 0.267 e. The molecule has 2 aromatic carbocycles. The molecule has 3 rings (SSSR count). The summed E-state index contributed by atoms with van der Waals surface area (Å²) in [5.41, 5.74) is 4.48. The van der Waals surface area contributed by atoms with Gasteiger partial charge in [0.1, 0.15) is 11.6 Å². The molecule has 8 nitrogen and oxygen atoms in total. The van der Waals surface area contributed by atoms with Crippen molar-refractivity contribution in [2.75, 3.05) is 0 Å². The Morgan fingerprint density at radius 3 is 2.14 bits per heavy atom. The lowest BCUT2D eigenvalue weighted by molar-refractivity contribution is 0.0842. The van der Waals surface area contributed by atoms with Gasteiger partial charge in [0.25, 0.3) is 17.4 Å². The molecule has 0 aliphatic heterocycles. The minimum Gasteiger partial charge on any atom is -0.267 e. The van der Waals surface area contributed by atoms with Crippen LogP contribution >= 0.6 is 0 Å². The van der Waals surface area contributed by atoms with E-state index >= 15 is 0 Å². The van der Waals surface area contributed by atoms with Crippen molar-refractivity contribution in [2.45, 2.75) is 6.92 Å². The second-order valence-corrected chi connectivity index (χ2v) is 5.79. The van der Waals surface area contributed by atoms with Crippen LogP contribution in [0.2, 0.25) is 0 Å². The number of nitriles is 1. The zero-order valence-corrected chi connectivity index (χ0v) is 14.8. The lowest BCUT2D eigenvalue weighted by Gasteiger charge is -2.12. The van der Waals surface area contributed by atoms with Crippen molar-refractivity contribution in [1.29, 1.82) is 5.26 Å². The van der Waals surface area contributed by atoms with Crippen LogP contribution in [0.1, 0.15) is 32.0 Å². The van der Waals surface area contributed by atoms with Gasteiger partial charge in [0.2, 0.25) is 0 Å². The predicted octanol–water partition coefficient (Wildman–Crippen LogP) is 1.49. The van der Waals surface area contributed by atoms with Crippen LogP contribution in [-0.2, 0) is 0 Å². The van der Waals surface area contributed by atoms with Crippen LogP contribution in [0.15, 0.2) is 65.5 Å². The lowest BCUT2D eigenvalue weighted by Crippen LogP contribution is -2.43. The zero-order chi connectivity index (χ0) is 20.1. The number of para-hydroxylation sites is 1. The van der Waals surface area contributed by atoms with Crippen LogP contribution < -0.4 is 16.4 Å². The third-order valence-corrected chi connectivity index (χ3v) is 3.99. The molecule has 0 bridgehead atoms. The Bertz CT molecular complexity index is 1130. The maximum atomic E-state index is 12.6. The summed E-state index contributed by atoms with van der Waals surface area (Å²) in [5, 5.41) is 13.4. The number of nitrogens with zero attached hydrogens (tertiary/aromatic N) is 3. The molecule has 0 atom stereocenters. The highest BCUT2D eigenvalue weighted by Crippen LogP contribution is 2.10. The maximum Gasteiger partial charge on any atom is 0.290 e. The fourth-order valence-corrected chi connectivity index (χ4v) is 2.53. The van der Waals surface area contributed by atoms with Crippen molar-refractivity contribution in [3.63, 3.8) is 0 Å². The van der Waals surface area contributed by atoms with Crippen LogP contribution in [0.25, 0.3) is 5.69 Å². The summed E-state index contributed by atoms with van der Waals surface area (Å²) < 4.78 is 0.986. The molecular formula is C20H15N5O3. The van der Waals surface area contributed by atoms with Gasteiger partial charge in [-0.3, -0.25) is 25.2 Å². The van der Waals surface area contributed by atoms with Gasteiger partial charge in [-0.1, -0.05) is 36.4 Å². The van der Waals surface area contributed by atoms with E-state index in [9.17, 15) is 19.6 Å². The summed E-state index contributed by atoms with van der Waals surface area (Å²) >= 11 is 0. The Kier molecular flexibility index (Phi) is 5.28. The molecule has 0 aliphatic rings. The number of carbonyl (C=O) groups is 2. The molecule has 28 heavy (non-hydrogen) atoms. The standard InChI is InChI=1S/C20H15N5O3/c1-13-16(12-21)20(28)25(15-10-6-3-7-11-15)24-17(13)19(27)23-22-18(26)14-8-4-2-5-9-14/h2-11H,1H3,(H,22,26)(H,23,27). The Hall–Kier alpha value is -4.25. The molecule has 138 valence electrons. The minimum atomic E-state index is -0.747. The number of hydrogen-bond donors (Lipinski definition) is 2. The van der Waals surface area contributed by atoms with E-state index in [4.69, 9.17) is 0 Å². The number of carbonyl (C=O) groups excluding carboxylic acids is 2. The molecule has 1 heterocycles. The van der Waals surface area contributed by atoms with Gasteiger partial charge in [0.05, 0.1) is 5.69 Å². The van der Waals surface area contributed by atoms with E-state index in [1.807, 2.05) is 6.07 Å². The molecule has 0 radical (unpaired) electrons. The number of benzene rings is 2. The maximum absolute atomic E-state index is 12.6. The Labute approximate surface area is 160 Å². The largest absolute Gasteiger partial charge is 0.290 e. The summed E-state index contributed by atoms with van der Waals surface area (Å²) in [4.78, 5) is 37.2. The third-order valence-electron chi connectivity index (χ3n) is 3.99. The van der Waals surface area contributed by atoms with E-state index in [-0.39, 0.29) is 16.8 Å². The Balaban J connectivity index is 1.93. The molecule has 2 N–H and O–H groups in total. The monoisotopic (exact) mass is 373 g/mol.